The molecule has 0 aliphatic carbocycles. The summed E-state index contributed by atoms with van der Waals surface area (Å²) < 4.78 is 37.5. The summed E-state index contributed by atoms with van der Waals surface area (Å²) in [4.78, 5) is 14.5. The third-order valence-corrected chi connectivity index (χ3v) is 3.70. The fraction of sp³-hybridized carbons (Fsp3) is 0.400. The highest BCUT2D eigenvalue weighted by Gasteiger charge is 2.33. The van der Waals surface area contributed by atoms with Crippen LogP contribution in [0.15, 0.2) is 17.2 Å². The van der Waals surface area contributed by atoms with Crippen LogP contribution < -0.4 is 5.73 Å². The lowest BCUT2D eigenvalue weighted by atomic mass is 10.2. The third-order valence-electron chi connectivity index (χ3n) is 1.95. The number of nitrogens with two attached hydrogens (primary N) is 1. The second kappa shape index (κ2) is 5.79. The first-order valence-corrected chi connectivity index (χ1v) is 6.27. The Morgan fingerprint density at radius 1 is 1.56 bits per heavy atom. The average molecular weight is 299 g/mol. The van der Waals surface area contributed by atoms with Crippen molar-refractivity contribution in [3.05, 3.63) is 23.4 Å². The molecule has 1 heterocycles. The number of alkyl halides is 4. The van der Waals surface area contributed by atoms with Crippen molar-refractivity contribution in [1.82, 2.24) is 4.98 Å². The van der Waals surface area contributed by atoms with Crippen LogP contribution in [0.25, 0.3) is 0 Å². The maximum atomic E-state index is 12.5. The number of halogens is 4. The lowest BCUT2D eigenvalue weighted by Gasteiger charge is -2.12. The minimum atomic E-state index is -4.56. The molecule has 0 saturated heterocycles. The van der Waals surface area contributed by atoms with Gasteiger partial charge in [-0.2, -0.15) is 13.2 Å². The second-order valence-corrected chi connectivity index (χ2v) is 5.23. The van der Waals surface area contributed by atoms with Crippen LogP contribution in [0.2, 0.25) is 0 Å². The molecule has 8 heteroatoms. The zero-order chi connectivity index (χ0) is 13.9. The van der Waals surface area contributed by atoms with Crippen LogP contribution in [0, 0.1) is 0 Å². The van der Waals surface area contributed by atoms with Gasteiger partial charge in [0.1, 0.15) is 10.7 Å². The first-order valence-electron chi connectivity index (χ1n) is 4.86. The summed E-state index contributed by atoms with van der Waals surface area (Å²) in [6, 6.07) is 1.76. The van der Waals surface area contributed by atoms with Gasteiger partial charge in [-0.1, -0.05) is 6.92 Å². The summed E-state index contributed by atoms with van der Waals surface area (Å²) in [6.07, 6.45) is -4.56. The van der Waals surface area contributed by atoms with Gasteiger partial charge in [0, 0.05) is 11.1 Å². The van der Waals surface area contributed by atoms with Crippen LogP contribution in [-0.4, -0.2) is 22.0 Å². The van der Waals surface area contributed by atoms with E-state index in [-0.39, 0.29) is 21.7 Å². The molecular weight excluding hydrogens is 289 g/mol. The van der Waals surface area contributed by atoms with Crippen molar-refractivity contribution in [2.75, 3.05) is 5.88 Å². The minimum Gasteiger partial charge on any atom is -0.366 e. The molecule has 0 bridgehead atoms. The summed E-state index contributed by atoms with van der Waals surface area (Å²) in [6.45, 7) is 1.71. The predicted octanol–water partition coefficient (Wildman–Crippen LogP) is 2.92. The number of thioether (sulfide) groups is 1. The van der Waals surface area contributed by atoms with E-state index in [1.54, 1.807) is 6.92 Å². The molecule has 0 aliphatic heterocycles. The molecule has 0 fully saturated rings. The summed E-state index contributed by atoms with van der Waals surface area (Å²) in [5.41, 5.74) is 3.99. The minimum absolute atomic E-state index is 0.0371. The van der Waals surface area contributed by atoms with Gasteiger partial charge in [0.05, 0.1) is 5.56 Å². The molecule has 0 aromatic carbocycles. The van der Waals surface area contributed by atoms with Crippen LogP contribution in [0.3, 0.4) is 0 Å². The summed E-state index contributed by atoms with van der Waals surface area (Å²) in [5, 5.41) is -0.230. The van der Waals surface area contributed by atoms with Gasteiger partial charge in [0.25, 0.3) is 5.91 Å². The van der Waals surface area contributed by atoms with Crippen LogP contribution in [0.5, 0.6) is 0 Å². The van der Waals surface area contributed by atoms with Gasteiger partial charge in [-0.05, 0) is 12.1 Å². The first-order chi connectivity index (χ1) is 8.25. The largest absolute Gasteiger partial charge is 0.433 e. The monoisotopic (exact) mass is 298 g/mol. The molecule has 0 radical (unpaired) electrons. The smallest absolute Gasteiger partial charge is 0.366 e. The zero-order valence-corrected chi connectivity index (χ0v) is 10.9. The summed E-state index contributed by atoms with van der Waals surface area (Å²) >= 11 is 6.56. The topological polar surface area (TPSA) is 56.0 Å². The lowest BCUT2D eigenvalue weighted by Crippen LogP contribution is -2.17. The Labute approximate surface area is 111 Å². The summed E-state index contributed by atoms with van der Waals surface area (Å²) in [7, 11) is 0. The van der Waals surface area contributed by atoms with Gasteiger partial charge >= 0.3 is 6.18 Å². The van der Waals surface area contributed by atoms with Gasteiger partial charge < -0.3 is 5.73 Å². The first kappa shape index (κ1) is 15.1. The Morgan fingerprint density at radius 3 is 2.61 bits per heavy atom. The molecule has 0 spiro atoms. The Morgan fingerprint density at radius 2 is 2.17 bits per heavy atom. The standard InChI is InChI=1S/C10H10ClF3N2OS/c1-5(4-11)18-9-6(8(15)17)2-3-7(16-9)10(12,13)14/h2-3,5H,4H2,1H3,(H2,15,17). The predicted molar refractivity (Wildman–Crippen MR) is 63.8 cm³/mol. The van der Waals surface area contributed by atoms with Crippen LogP contribution in [0.1, 0.15) is 23.0 Å². The molecule has 0 aliphatic rings. The molecule has 18 heavy (non-hydrogen) atoms. The number of hydrogen-bond acceptors (Lipinski definition) is 3. The molecule has 0 saturated carbocycles. The number of carbonyl (C=O) groups is 1. The van der Waals surface area contributed by atoms with Gasteiger partial charge in [-0.25, -0.2) is 4.98 Å². The normalized spacial score (nSPS) is 13.4. The van der Waals surface area contributed by atoms with Gasteiger partial charge in [0.15, 0.2) is 0 Å². The van der Waals surface area contributed by atoms with Crippen molar-refractivity contribution in [3.63, 3.8) is 0 Å². The molecule has 1 amide bonds. The number of amides is 1. The number of pyridine rings is 1. The molecule has 1 atom stereocenters. The van der Waals surface area contributed by atoms with Gasteiger partial charge in [0.2, 0.25) is 0 Å². The summed E-state index contributed by atoms with van der Waals surface area (Å²) in [5.74, 6) is -0.596. The van der Waals surface area contributed by atoms with Crippen molar-refractivity contribution in [3.8, 4) is 0 Å². The number of primary amides is 1. The Balaban J connectivity index is 3.20. The quantitative estimate of drug-likeness (QED) is 0.687. The molecule has 1 aromatic heterocycles. The van der Waals surface area contributed by atoms with Crippen LogP contribution in [-0.2, 0) is 6.18 Å². The highest BCUT2D eigenvalue weighted by Crippen LogP contribution is 2.32. The van der Waals surface area contributed by atoms with E-state index < -0.39 is 17.8 Å². The average Bonchev–Trinajstić information content (AvgIpc) is 2.27. The Hall–Kier alpha value is -0.950. The number of aromatic nitrogens is 1. The highest BCUT2D eigenvalue weighted by atomic mass is 35.5. The fourth-order valence-corrected chi connectivity index (χ4v) is 2.18. The SMILES string of the molecule is CC(CCl)Sc1nc(C(F)(F)F)ccc1C(N)=O. The van der Waals surface area contributed by atoms with E-state index >= 15 is 0 Å². The molecule has 1 rings (SSSR count). The van der Waals surface area contributed by atoms with E-state index in [0.717, 1.165) is 23.9 Å². The number of carbonyl (C=O) groups excluding carboxylic acids is 1. The third kappa shape index (κ3) is 3.78. The molecule has 1 unspecified atom stereocenters. The highest BCUT2D eigenvalue weighted by molar-refractivity contribution is 8.00. The van der Waals surface area contributed by atoms with E-state index in [1.165, 1.54) is 0 Å². The lowest BCUT2D eigenvalue weighted by molar-refractivity contribution is -0.141. The molecular formula is C10H10ClF3N2OS. The Bertz CT molecular complexity index is 453. The zero-order valence-electron chi connectivity index (χ0n) is 9.29. The van der Waals surface area contributed by atoms with Crippen molar-refractivity contribution >= 4 is 29.3 Å². The van der Waals surface area contributed by atoms with Gasteiger partial charge in [-0.3, -0.25) is 4.79 Å². The second-order valence-electron chi connectivity index (χ2n) is 3.49. The number of hydrogen-bond donors (Lipinski definition) is 1. The van der Waals surface area contributed by atoms with Crippen molar-refractivity contribution in [2.45, 2.75) is 23.4 Å². The van der Waals surface area contributed by atoms with Crippen molar-refractivity contribution < 1.29 is 18.0 Å². The molecule has 1 aromatic rings. The Kier molecular flexibility index (Phi) is 4.86. The van der Waals surface area contributed by atoms with Crippen molar-refractivity contribution in [1.29, 1.82) is 0 Å². The van der Waals surface area contributed by atoms with E-state index in [0.29, 0.717) is 0 Å². The van der Waals surface area contributed by atoms with E-state index in [2.05, 4.69) is 4.98 Å². The molecule has 3 nitrogen and oxygen atoms in total. The maximum absolute atomic E-state index is 12.5. The molecule has 2 N–H and O–H groups in total. The fourth-order valence-electron chi connectivity index (χ4n) is 1.10. The van der Waals surface area contributed by atoms with Gasteiger partial charge in [-0.15, -0.1) is 23.4 Å². The maximum Gasteiger partial charge on any atom is 0.433 e. The van der Waals surface area contributed by atoms with E-state index in [1.807, 2.05) is 0 Å². The van der Waals surface area contributed by atoms with Crippen LogP contribution >= 0.6 is 23.4 Å². The molecule has 100 valence electrons. The van der Waals surface area contributed by atoms with E-state index in [4.69, 9.17) is 17.3 Å². The van der Waals surface area contributed by atoms with Crippen LogP contribution in [0.4, 0.5) is 13.2 Å². The number of rotatable bonds is 4. The van der Waals surface area contributed by atoms with Crippen molar-refractivity contribution in [2.24, 2.45) is 5.73 Å². The number of nitrogens with zero attached hydrogens (tertiary/aromatic N) is 1. The van der Waals surface area contributed by atoms with E-state index in [9.17, 15) is 18.0 Å².